The number of thiocarbonyl (C=S) groups is 1. The lowest BCUT2D eigenvalue weighted by molar-refractivity contribution is 0.647. The van der Waals surface area contributed by atoms with Crippen LogP contribution in [0.4, 0.5) is 5.69 Å². The van der Waals surface area contributed by atoms with Gasteiger partial charge in [0.05, 0.1) is 11.4 Å². The Hall–Kier alpha value is -3.34. The molecule has 1 N–H and O–H groups in total. The minimum absolute atomic E-state index is 0.731. The van der Waals surface area contributed by atoms with Gasteiger partial charge in [-0.25, -0.2) is 0 Å². The monoisotopic (exact) mass is 495 g/mol. The van der Waals surface area contributed by atoms with Gasteiger partial charge < -0.3 is 9.88 Å². The number of benzene rings is 3. The first-order valence-electron chi connectivity index (χ1n) is 12.1. The van der Waals surface area contributed by atoms with E-state index in [-0.39, 0.29) is 0 Å². The van der Waals surface area contributed by atoms with Crippen LogP contribution in [0, 0.1) is 6.92 Å². The van der Waals surface area contributed by atoms with Crippen molar-refractivity contribution < 1.29 is 0 Å². The summed E-state index contributed by atoms with van der Waals surface area (Å²) in [6, 6.07) is 27.2. The normalized spacial score (nSPS) is 13.1. The summed E-state index contributed by atoms with van der Waals surface area (Å²) in [5.74, 6) is 0. The molecule has 0 amide bonds. The lowest BCUT2D eigenvalue weighted by Gasteiger charge is -2.12. The Morgan fingerprint density at radius 1 is 0.886 bits per heavy atom. The minimum Gasteiger partial charge on any atom is -0.345 e. The number of aryl methyl sites for hydroxylation is 3. The number of aromatic nitrogens is 2. The molecule has 3 heterocycles. The molecule has 1 aliphatic rings. The zero-order chi connectivity index (χ0) is 23.9. The summed E-state index contributed by atoms with van der Waals surface area (Å²) in [5.41, 5.74) is 10.7. The lowest BCUT2D eigenvalue weighted by Crippen LogP contribution is -2.14. The van der Waals surface area contributed by atoms with E-state index in [0.29, 0.717) is 0 Å². The highest BCUT2D eigenvalue weighted by atomic mass is 35.5. The molecule has 174 valence electrons. The largest absolute Gasteiger partial charge is 0.345 e. The Morgan fingerprint density at radius 2 is 1.63 bits per heavy atom. The molecule has 3 nitrogen and oxygen atoms in total. The van der Waals surface area contributed by atoms with Crippen molar-refractivity contribution in [1.82, 2.24) is 8.97 Å². The fourth-order valence-corrected chi connectivity index (χ4v) is 5.65. The summed E-state index contributed by atoms with van der Waals surface area (Å²) in [5, 5.41) is 4.27. The molecule has 35 heavy (non-hydrogen) atoms. The van der Waals surface area contributed by atoms with Gasteiger partial charge in [-0.1, -0.05) is 84.0 Å². The smallest absolute Gasteiger partial charge is 0.128 e. The van der Waals surface area contributed by atoms with Crippen molar-refractivity contribution in [3.8, 4) is 22.4 Å². The van der Waals surface area contributed by atoms with Crippen LogP contribution in [0.1, 0.15) is 29.7 Å². The van der Waals surface area contributed by atoms with Crippen LogP contribution in [-0.2, 0) is 13.0 Å². The summed E-state index contributed by atoms with van der Waals surface area (Å²) in [4.78, 5) is 0.731. The average Bonchev–Trinajstić information content (AvgIpc) is 3.29. The third kappa shape index (κ3) is 3.97. The first-order valence-corrected chi connectivity index (χ1v) is 12.8. The van der Waals surface area contributed by atoms with E-state index in [9.17, 15) is 0 Å². The number of halogens is 1. The molecule has 0 fully saturated rings. The molecule has 0 radical (unpaired) electrons. The van der Waals surface area contributed by atoms with Crippen LogP contribution in [0.2, 0.25) is 5.02 Å². The number of hydrogen-bond donors (Lipinski definition) is 1. The van der Waals surface area contributed by atoms with Gasteiger partial charge in [0.15, 0.2) is 0 Å². The van der Waals surface area contributed by atoms with Crippen molar-refractivity contribution in [3.05, 3.63) is 107 Å². The summed E-state index contributed by atoms with van der Waals surface area (Å²) >= 11 is 12.3. The van der Waals surface area contributed by atoms with Gasteiger partial charge in [-0.3, -0.25) is 4.40 Å². The first-order chi connectivity index (χ1) is 17.1. The standard InChI is InChI=1S/C30H26ClN3S/c1-20-10-16-24(17-11-20)32-29(35)28-27(22-7-3-2-4-8-22)25-9-5-6-18-33-26(19-34(28)30(25)33)21-12-14-23(31)15-13-21/h2-4,7-8,10-17,19H,5-6,9,18H2,1H3,(H,32,35). The van der Waals surface area contributed by atoms with E-state index in [4.69, 9.17) is 23.8 Å². The van der Waals surface area contributed by atoms with Crippen LogP contribution in [0.25, 0.3) is 28.0 Å². The maximum Gasteiger partial charge on any atom is 0.128 e. The summed E-state index contributed by atoms with van der Waals surface area (Å²) in [6.45, 7) is 3.08. The lowest BCUT2D eigenvalue weighted by atomic mass is 9.98. The van der Waals surface area contributed by atoms with E-state index in [1.165, 1.54) is 33.6 Å². The Kier molecular flexibility index (Phi) is 5.71. The zero-order valence-electron chi connectivity index (χ0n) is 19.6. The van der Waals surface area contributed by atoms with E-state index < -0.39 is 0 Å². The molecular formula is C30H26ClN3S. The van der Waals surface area contributed by atoms with Crippen molar-refractivity contribution >= 4 is 40.1 Å². The fraction of sp³-hybridized carbons (Fsp3) is 0.167. The van der Waals surface area contributed by atoms with Crippen molar-refractivity contribution in [2.75, 3.05) is 5.32 Å². The molecular weight excluding hydrogens is 470 g/mol. The van der Waals surface area contributed by atoms with Crippen molar-refractivity contribution in [2.45, 2.75) is 32.7 Å². The number of nitrogens with one attached hydrogen (secondary N) is 1. The van der Waals surface area contributed by atoms with Gasteiger partial charge in [0, 0.05) is 34.6 Å². The Labute approximate surface area is 216 Å². The Bertz CT molecular complexity index is 1530. The molecule has 5 heteroatoms. The summed E-state index contributed by atoms with van der Waals surface area (Å²) < 4.78 is 4.78. The van der Waals surface area contributed by atoms with E-state index in [1.54, 1.807) is 0 Å². The van der Waals surface area contributed by atoms with E-state index in [0.717, 1.165) is 52.8 Å². The second-order valence-corrected chi connectivity index (χ2v) is 10.1. The topological polar surface area (TPSA) is 21.4 Å². The van der Waals surface area contributed by atoms with Gasteiger partial charge >= 0.3 is 0 Å². The van der Waals surface area contributed by atoms with E-state index in [1.807, 2.05) is 12.1 Å². The Morgan fingerprint density at radius 3 is 2.37 bits per heavy atom. The van der Waals surface area contributed by atoms with Crippen LogP contribution in [0.15, 0.2) is 85.1 Å². The molecule has 1 aliphatic heterocycles. The molecule has 0 atom stereocenters. The second kappa shape index (κ2) is 9.03. The summed E-state index contributed by atoms with van der Waals surface area (Å²) in [7, 11) is 0. The number of anilines is 1. The number of imidazole rings is 1. The molecule has 2 aromatic heterocycles. The van der Waals surface area contributed by atoms with E-state index >= 15 is 0 Å². The van der Waals surface area contributed by atoms with Gasteiger partial charge in [0.1, 0.15) is 10.6 Å². The van der Waals surface area contributed by atoms with Crippen molar-refractivity contribution in [3.63, 3.8) is 0 Å². The van der Waals surface area contributed by atoms with Crippen LogP contribution in [0.3, 0.4) is 0 Å². The number of rotatable bonds is 4. The molecule has 6 rings (SSSR count). The molecule has 0 bridgehead atoms. The molecule has 0 aliphatic carbocycles. The molecule has 0 spiro atoms. The van der Waals surface area contributed by atoms with Gasteiger partial charge in [-0.05, 0) is 61.6 Å². The maximum atomic E-state index is 6.20. The summed E-state index contributed by atoms with van der Waals surface area (Å²) in [6.07, 6.45) is 5.58. The van der Waals surface area contributed by atoms with Crippen molar-refractivity contribution in [1.29, 1.82) is 0 Å². The van der Waals surface area contributed by atoms with Crippen LogP contribution < -0.4 is 5.32 Å². The van der Waals surface area contributed by atoms with Crippen LogP contribution in [-0.4, -0.2) is 14.0 Å². The molecule has 0 unspecified atom stereocenters. The van der Waals surface area contributed by atoms with Crippen LogP contribution >= 0.6 is 23.8 Å². The first kappa shape index (κ1) is 22.1. The molecule has 0 saturated heterocycles. The molecule has 3 aromatic carbocycles. The molecule has 0 saturated carbocycles. The third-order valence-corrected chi connectivity index (χ3v) is 7.41. The van der Waals surface area contributed by atoms with Gasteiger partial charge in [-0.15, -0.1) is 0 Å². The SMILES string of the molecule is Cc1ccc(NC(=S)c2c(-c3ccccc3)c3c4n(c(-c5ccc(Cl)cc5)cn24)CCCC3)cc1. The van der Waals surface area contributed by atoms with Gasteiger partial charge in [0.25, 0.3) is 0 Å². The third-order valence-electron chi connectivity index (χ3n) is 6.86. The van der Waals surface area contributed by atoms with Crippen LogP contribution in [0.5, 0.6) is 0 Å². The average molecular weight is 496 g/mol. The predicted molar refractivity (Wildman–Crippen MR) is 151 cm³/mol. The molecule has 5 aromatic rings. The van der Waals surface area contributed by atoms with Crippen molar-refractivity contribution in [2.24, 2.45) is 0 Å². The highest BCUT2D eigenvalue weighted by Crippen LogP contribution is 2.40. The second-order valence-electron chi connectivity index (χ2n) is 9.21. The Balaban J connectivity index is 1.60. The minimum atomic E-state index is 0.731. The number of hydrogen-bond acceptors (Lipinski definition) is 1. The van der Waals surface area contributed by atoms with E-state index in [2.05, 4.69) is 94.1 Å². The fourth-order valence-electron chi connectivity index (χ4n) is 5.20. The zero-order valence-corrected chi connectivity index (χ0v) is 21.2. The number of nitrogens with zero attached hydrogens (tertiary/aromatic N) is 2. The predicted octanol–water partition coefficient (Wildman–Crippen LogP) is 8.16. The van der Waals surface area contributed by atoms with Gasteiger partial charge in [-0.2, -0.15) is 0 Å². The van der Waals surface area contributed by atoms with Gasteiger partial charge in [0.2, 0.25) is 0 Å². The maximum absolute atomic E-state index is 6.20. The highest BCUT2D eigenvalue weighted by molar-refractivity contribution is 7.81. The highest BCUT2D eigenvalue weighted by Gasteiger charge is 2.28. The quantitative estimate of drug-likeness (QED) is 0.254.